The number of aromatic nitrogens is 1. The molecule has 0 fully saturated rings. The van der Waals surface area contributed by atoms with E-state index in [1.165, 1.54) is 10.9 Å². The Hall–Kier alpha value is -2.94. The minimum absolute atomic E-state index is 0.244. The van der Waals surface area contributed by atoms with Crippen LogP contribution in [0.1, 0.15) is 0 Å². The highest BCUT2D eigenvalue weighted by molar-refractivity contribution is 6.11. The van der Waals surface area contributed by atoms with Gasteiger partial charge < -0.3 is 15.4 Å². The lowest BCUT2D eigenvalue weighted by Gasteiger charge is -2.09. The van der Waals surface area contributed by atoms with Gasteiger partial charge in [0.25, 0.3) is 0 Å². The molecule has 0 aliphatic carbocycles. The minimum atomic E-state index is 0.244. The van der Waals surface area contributed by atoms with Crippen molar-refractivity contribution in [1.82, 2.24) is 4.57 Å². The average molecular weight is 288 g/mol. The van der Waals surface area contributed by atoms with Gasteiger partial charge in [-0.1, -0.05) is 36.4 Å². The van der Waals surface area contributed by atoms with Crippen LogP contribution in [-0.4, -0.2) is 9.67 Å². The van der Waals surface area contributed by atoms with Crippen molar-refractivity contribution in [2.24, 2.45) is 7.05 Å². The fraction of sp³-hybridized carbons (Fsp3) is 0.0526. The van der Waals surface area contributed by atoms with Gasteiger partial charge in [0.05, 0.1) is 5.52 Å². The molecule has 0 amide bonds. The number of anilines is 1. The molecule has 0 saturated heterocycles. The van der Waals surface area contributed by atoms with Crippen LogP contribution >= 0.6 is 0 Å². The van der Waals surface area contributed by atoms with Crippen LogP contribution in [0.25, 0.3) is 32.9 Å². The molecule has 0 spiro atoms. The number of aromatic hydroxyl groups is 1. The third kappa shape index (κ3) is 1.69. The van der Waals surface area contributed by atoms with E-state index in [0.29, 0.717) is 5.69 Å². The largest absolute Gasteiger partial charge is 0.507 e. The predicted molar refractivity (Wildman–Crippen MR) is 91.9 cm³/mol. The van der Waals surface area contributed by atoms with Crippen molar-refractivity contribution in [3.05, 3.63) is 60.7 Å². The van der Waals surface area contributed by atoms with Gasteiger partial charge in [-0.2, -0.15) is 0 Å². The number of nitrogens with zero attached hydrogens (tertiary/aromatic N) is 1. The lowest BCUT2D eigenvalue weighted by Crippen LogP contribution is -1.93. The number of para-hydroxylation sites is 2. The lowest BCUT2D eigenvalue weighted by atomic mass is 10.00. The second-order valence-corrected chi connectivity index (χ2v) is 5.55. The van der Waals surface area contributed by atoms with E-state index in [1.807, 2.05) is 43.4 Å². The number of benzene rings is 3. The highest BCUT2D eigenvalue weighted by Crippen LogP contribution is 2.38. The molecule has 0 unspecified atom stereocenters. The van der Waals surface area contributed by atoms with Crippen molar-refractivity contribution in [2.75, 3.05) is 5.73 Å². The van der Waals surface area contributed by atoms with Crippen LogP contribution in [0.5, 0.6) is 5.75 Å². The zero-order chi connectivity index (χ0) is 15.3. The van der Waals surface area contributed by atoms with Gasteiger partial charge in [-0.25, -0.2) is 0 Å². The smallest absolute Gasteiger partial charge is 0.123 e. The van der Waals surface area contributed by atoms with Gasteiger partial charge in [0.2, 0.25) is 0 Å². The molecule has 3 heteroatoms. The topological polar surface area (TPSA) is 51.2 Å². The maximum atomic E-state index is 10.1. The fourth-order valence-electron chi connectivity index (χ4n) is 3.16. The van der Waals surface area contributed by atoms with Gasteiger partial charge in [-0.15, -0.1) is 0 Å². The molecule has 1 heterocycles. The van der Waals surface area contributed by atoms with Crippen molar-refractivity contribution in [2.45, 2.75) is 0 Å². The number of phenolic OH excluding ortho intramolecular Hbond substituents is 1. The molecule has 1 aromatic heterocycles. The van der Waals surface area contributed by atoms with Crippen LogP contribution in [0.2, 0.25) is 0 Å². The molecular weight excluding hydrogens is 272 g/mol. The Balaban J connectivity index is 2.12. The van der Waals surface area contributed by atoms with E-state index >= 15 is 0 Å². The summed E-state index contributed by atoms with van der Waals surface area (Å²) in [7, 11) is 2.05. The summed E-state index contributed by atoms with van der Waals surface area (Å²) >= 11 is 0. The second kappa shape index (κ2) is 4.53. The summed E-state index contributed by atoms with van der Waals surface area (Å²) in [6.45, 7) is 0. The summed E-state index contributed by atoms with van der Waals surface area (Å²) in [5, 5.41) is 12.5. The van der Waals surface area contributed by atoms with Gasteiger partial charge >= 0.3 is 0 Å². The fourth-order valence-corrected chi connectivity index (χ4v) is 3.16. The first-order chi connectivity index (χ1) is 10.7. The SMILES string of the molecule is Cn1c2ccccc2c2cc(-c3ccccc3O)c(N)cc21. The third-order valence-corrected chi connectivity index (χ3v) is 4.28. The van der Waals surface area contributed by atoms with E-state index in [9.17, 15) is 5.11 Å². The van der Waals surface area contributed by atoms with Crippen molar-refractivity contribution in [3.8, 4) is 16.9 Å². The molecule has 0 aliphatic rings. The summed E-state index contributed by atoms with van der Waals surface area (Å²) in [6, 6.07) is 19.6. The second-order valence-electron chi connectivity index (χ2n) is 5.55. The van der Waals surface area contributed by atoms with Crippen molar-refractivity contribution < 1.29 is 5.11 Å². The molecule has 4 rings (SSSR count). The quantitative estimate of drug-likeness (QED) is 0.513. The first kappa shape index (κ1) is 12.8. The van der Waals surface area contributed by atoms with E-state index in [4.69, 9.17) is 5.73 Å². The van der Waals surface area contributed by atoms with Crippen LogP contribution in [0.4, 0.5) is 5.69 Å². The summed E-state index contributed by atoms with van der Waals surface area (Å²) in [5.41, 5.74) is 10.8. The van der Waals surface area contributed by atoms with E-state index < -0.39 is 0 Å². The number of phenols is 1. The van der Waals surface area contributed by atoms with E-state index in [2.05, 4.69) is 22.8 Å². The van der Waals surface area contributed by atoms with Gasteiger partial charge in [0.1, 0.15) is 5.75 Å². The summed E-state index contributed by atoms with van der Waals surface area (Å²) < 4.78 is 2.15. The van der Waals surface area contributed by atoms with Crippen LogP contribution < -0.4 is 5.73 Å². The Morgan fingerprint density at radius 3 is 2.36 bits per heavy atom. The molecule has 3 N–H and O–H groups in total. The lowest BCUT2D eigenvalue weighted by molar-refractivity contribution is 0.477. The average Bonchev–Trinajstić information content (AvgIpc) is 2.80. The number of rotatable bonds is 1. The van der Waals surface area contributed by atoms with Crippen LogP contribution in [0, 0.1) is 0 Å². The number of fused-ring (bicyclic) bond motifs is 3. The standard InChI is InChI=1S/C19H16N2O/c1-21-17-8-4-2-6-12(17)15-10-14(16(20)11-18(15)21)13-7-3-5-9-19(13)22/h2-11,22H,20H2,1H3. The van der Waals surface area contributed by atoms with Gasteiger partial charge in [0.15, 0.2) is 0 Å². The zero-order valence-electron chi connectivity index (χ0n) is 12.2. The molecule has 0 saturated carbocycles. The molecule has 0 bridgehead atoms. The van der Waals surface area contributed by atoms with Crippen LogP contribution in [0.3, 0.4) is 0 Å². The monoisotopic (exact) mass is 288 g/mol. The van der Waals surface area contributed by atoms with Crippen molar-refractivity contribution in [3.63, 3.8) is 0 Å². The zero-order valence-corrected chi connectivity index (χ0v) is 12.2. The number of nitrogen functional groups attached to an aromatic ring is 1. The highest BCUT2D eigenvalue weighted by Gasteiger charge is 2.13. The Bertz CT molecular complexity index is 1010. The Kier molecular flexibility index (Phi) is 2.63. The van der Waals surface area contributed by atoms with E-state index in [1.54, 1.807) is 6.07 Å². The summed E-state index contributed by atoms with van der Waals surface area (Å²) in [5.74, 6) is 0.244. The maximum Gasteiger partial charge on any atom is 0.123 e. The number of nitrogens with two attached hydrogens (primary N) is 1. The molecule has 0 radical (unpaired) electrons. The molecule has 3 nitrogen and oxygen atoms in total. The first-order valence-electron chi connectivity index (χ1n) is 7.22. The number of hydrogen-bond donors (Lipinski definition) is 2. The van der Waals surface area contributed by atoms with Gasteiger partial charge in [-0.05, 0) is 24.3 Å². The van der Waals surface area contributed by atoms with Gasteiger partial charge in [-0.3, -0.25) is 0 Å². The van der Waals surface area contributed by atoms with Crippen LogP contribution in [-0.2, 0) is 7.05 Å². The Labute approximate surface area is 128 Å². The van der Waals surface area contributed by atoms with Gasteiger partial charge in [0, 0.05) is 40.2 Å². The molecule has 0 atom stereocenters. The van der Waals surface area contributed by atoms with Crippen molar-refractivity contribution in [1.29, 1.82) is 0 Å². The number of aryl methyl sites for hydroxylation is 1. The predicted octanol–water partition coefficient (Wildman–Crippen LogP) is 4.29. The van der Waals surface area contributed by atoms with E-state index in [0.717, 1.165) is 22.0 Å². The molecule has 22 heavy (non-hydrogen) atoms. The summed E-state index contributed by atoms with van der Waals surface area (Å²) in [6.07, 6.45) is 0. The van der Waals surface area contributed by atoms with E-state index in [-0.39, 0.29) is 5.75 Å². The minimum Gasteiger partial charge on any atom is -0.507 e. The molecular formula is C19H16N2O. The third-order valence-electron chi connectivity index (χ3n) is 4.28. The summed E-state index contributed by atoms with van der Waals surface area (Å²) in [4.78, 5) is 0. The Morgan fingerprint density at radius 2 is 1.55 bits per heavy atom. The molecule has 0 aliphatic heterocycles. The molecule has 108 valence electrons. The Morgan fingerprint density at radius 1 is 0.818 bits per heavy atom. The number of hydrogen-bond acceptors (Lipinski definition) is 2. The normalized spacial score (nSPS) is 11.3. The van der Waals surface area contributed by atoms with Crippen LogP contribution in [0.15, 0.2) is 60.7 Å². The first-order valence-corrected chi connectivity index (χ1v) is 7.22. The molecule has 3 aromatic carbocycles. The molecule has 4 aromatic rings. The highest BCUT2D eigenvalue weighted by atomic mass is 16.3. The van der Waals surface area contributed by atoms with Crippen molar-refractivity contribution >= 4 is 27.5 Å². The maximum absolute atomic E-state index is 10.1.